The summed E-state index contributed by atoms with van der Waals surface area (Å²) in [7, 11) is 0. The van der Waals surface area contributed by atoms with Crippen molar-refractivity contribution in [2.24, 2.45) is 0 Å². The van der Waals surface area contributed by atoms with E-state index in [1.807, 2.05) is 54.3 Å². The Morgan fingerprint density at radius 3 is 1.91 bits per heavy atom. The highest BCUT2D eigenvalue weighted by molar-refractivity contribution is 6.30. The van der Waals surface area contributed by atoms with Crippen molar-refractivity contribution >= 4 is 11.6 Å². The maximum Gasteiger partial charge on any atom is 0.416 e. The molecular weight excluding hydrogens is 588 g/mol. The second kappa shape index (κ2) is 14.0. The zero-order chi connectivity index (χ0) is 31.2. The van der Waals surface area contributed by atoms with Gasteiger partial charge in [0.05, 0.1) is 22.5 Å². The van der Waals surface area contributed by atoms with Gasteiger partial charge in [0.1, 0.15) is 5.82 Å². The van der Waals surface area contributed by atoms with E-state index in [9.17, 15) is 26.3 Å². The van der Waals surface area contributed by atoms with Crippen molar-refractivity contribution < 1.29 is 26.3 Å². The highest BCUT2D eigenvalue weighted by Crippen LogP contribution is 2.37. The zero-order valence-corrected chi connectivity index (χ0v) is 24.8. The lowest BCUT2D eigenvalue weighted by molar-refractivity contribution is -0.143. The maximum atomic E-state index is 13.6. The van der Waals surface area contributed by atoms with Crippen LogP contribution in [-0.2, 0) is 32.0 Å². The molecule has 1 aromatic heterocycles. The van der Waals surface area contributed by atoms with Crippen LogP contribution in [0.1, 0.15) is 61.9 Å². The number of benzene rings is 3. The first-order valence-electron chi connectivity index (χ1n) is 14.3. The Balaban J connectivity index is 1.84. The molecular formula is C33H34ClF6N3. The number of imidazole rings is 1. The third-order valence-corrected chi connectivity index (χ3v) is 7.46. The minimum Gasteiger partial charge on any atom is -0.326 e. The van der Waals surface area contributed by atoms with Crippen LogP contribution in [0.2, 0.25) is 5.02 Å². The third-order valence-electron chi connectivity index (χ3n) is 7.21. The van der Waals surface area contributed by atoms with E-state index in [1.165, 1.54) is 0 Å². The lowest BCUT2D eigenvalue weighted by atomic mass is 10.0. The van der Waals surface area contributed by atoms with Gasteiger partial charge >= 0.3 is 12.4 Å². The molecule has 230 valence electrons. The Bertz CT molecular complexity index is 1450. The van der Waals surface area contributed by atoms with Crippen molar-refractivity contribution in [1.29, 1.82) is 0 Å². The standard InChI is InChI=1S/C33H34ClF6N3/c1-3-5-16-42(21-23-18-26(32(35,36)37)20-27(19-23)33(38,39)40)22-29-30(24-12-14-28(34)15-13-24)41-31(43(29)17-6-4-2)25-10-8-7-9-11-25/h7-15,18-20H,3-6,16-17,21-22H2,1-2H3. The maximum absolute atomic E-state index is 13.6. The number of rotatable bonds is 12. The quantitative estimate of drug-likeness (QED) is 0.147. The molecule has 0 amide bonds. The number of aromatic nitrogens is 2. The van der Waals surface area contributed by atoms with Gasteiger partial charge in [0, 0.05) is 35.8 Å². The van der Waals surface area contributed by atoms with Crippen molar-refractivity contribution in [2.45, 2.75) is 71.5 Å². The minimum absolute atomic E-state index is 0.0470. The van der Waals surface area contributed by atoms with Crippen LogP contribution in [0.5, 0.6) is 0 Å². The van der Waals surface area contributed by atoms with E-state index in [4.69, 9.17) is 16.6 Å². The van der Waals surface area contributed by atoms with Crippen molar-refractivity contribution in [2.75, 3.05) is 6.54 Å². The van der Waals surface area contributed by atoms with E-state index in [0.29, 0.717) is 23.8 Å². The normalized spacial score (nSPS) is 12.3. The predicted octanol–water partition coefficient (Wildman–Crippen LogP) is 10.5. The number of unbranched alkanes of at least 4 members (excludes halogenated alkanes) is 2. The van der Waals surface area contributed by atoms with Gasteiger partial charge in [-0.1, -0.05) is 80.8 Å². The fraction of sp³-hybridized carbons (Fsp3) is 0.364. The Hall–Kier alpha value is -3.30. The molecule has 0 saturated heterocycles. The lowest BCUT2D eigenvalue weighted by Gasteiger charge is -2.25. The van der Waals surface area contributed by atoms with E-state index in [2.05, 4.69) is 11.5 Å². The molecule has 0 spiro atoms. The Morgan fingerprint density at radius 1 is 0.744 bits per heavy atom. The Kier molecular flexibility index (Phi) is 10.6. The van der Waals surface area contributed by atoms with Gasteiger partial charge in [-0.15, -0.1) is 0 Å². The fourth-order valence-electron chi connectivity index (χ4n) is 5.03. The molecule has 0 aliphatic carbocycles. The topological polar surface area (TPSA) is 21.1 Å². The molecule has 4 aromatic rings. The van der Waals surface area contributed by atoms with Crippen LogP contribution in [0.4, 0.5) is 26.3 Å². The van der Waals surface area contributed by atoms with Crippen molar-refractivity contribution in [1.82, 2.24) is 14.5 Å². The zero-order valence-electron chi connectivity index (χ0n) is 24.1. The summed E-state index contributed by atoms with van der Waals surface area (Å²) in [6.45, 7) is 5.39. The molecule has 1 heterocycles. The van der Waals surface area contributed by atoms with E-state index in [0.717, 1.165) is 60.5 Å². The van der Waals surface area contributed by atoms with Crippen LogP contribution >= 0.6 is 11.6 Å². The average molecular weight is 622 g/mol. The van der Waals surface area contributed by atoms with E-state index < -0.39 is 23.5 Å². The van der Waals surface area contributed by atoms with Gasteiger partial charge in [0.2, 0.25) is 0 Å². The molecule has 0 unspecified atom stereocenters. The monoisotopic (exact) mass is 621 g/mol. The molecule has 0 fully saturated rings. The van der Waals surface area contributed by atoms with Crippen LogP contribution in [-0.4, -0.2) is 21.0 Å². The first-order chi connectivity index (χ1) is 20.4. The number of hydrogen-bond acceptors (Lipinski definition) is 2. The minimum atomic E-state index is -4.91. The second-order valence-corrected chi connectivity index (χ2v) is 11.0. The molecule has 4 rings (SSSR count). The molecule has 10 heteroatoms. The van der Waals surface area contributed by atoms with Crippen LogP contribution < -0.4 is 0 Å². The van der Waals surface area contributed by atoms with Crippen molar-refractivity contribution in [3.05, 3.63) is 100 Å². The summed E-state index contributed by atoms with van der Waals surface area (Å²) in [5, 5.41) is 0.564. The summed E-state index contributed by atoms with van der Waals surface area (Å²) < 4.78 is 83.9. The van der Waals surface area contributed by atoms with E-state index in [-0.39, 0.29) is 24.7 Å². The molecule has 0 saturated carbocycles. The van der Waals surface area contributed by atoms with Gasteiger partial charge in [-0.2, -0.15) is 26.3 Å². The van der Waals surface area contributed by atoms with Gasteiger partial charge in [0.15, 0.2) is 0 Å². The van der Waals surface area contributed by atoms with Crippen LogP contribution in [0.3, 0.4) is 0 Å². The van der Waals surface area contributed by atoms with Gasteiger partial charge in [-0.05, 0) is 55.3 Å². The van der Waals surface area contributed by atoms with Crippen LogP contribution in [0.15, 0.2) is 72.8 Å². The summed E-state index contributed by atoms with van der Waals surface area (Å²) in [6.07, 6.45) is -6.51. The van der Waals surface area contributed by atoms with E-state index in [1.54, 1.807) is 12.1 Å². The highest BCUT2D eigenvalue weighted by atomic mass is 35.5. The number of nitrogens with zero attached hydrogens (tertiary/aromatic N) is 3. The smallest absolute Gasteiger partial charge is 0.326 e. The Morgan fingerprint density at radius 2 is 1.35 bits per heavy atom. The number of alkyl halides is 6. The second-order valence-electron chi connectivity index (χ2n) is 10.6. The fourth-order valence-corrected chi connectivity index (χ4v) is 5.15. The number of halogens is 7. The van der Waals surface area contributed by atoms with Crippen molar-refractivity contribution in [3.63, 3.8) is 0 Å². The van der Waals surface area contributed by atoms with Gasteiger partial charge < -0.3 is 4.57 Å². The first kappa shape index (κ1) is 32.6. The first-order valence-corrected chi connectivity index (χ1v) is 14.7. The molecule has 0 aliphatic heterocycles. The molecule has 3 aromatic carbocycles. The summed E-state index contributed by atoms with van der Waals surface area (Å²) >= 11 is 6.17. The molecule has 0 aliphatic rings. The van der Waals surface area contributed by atoms with E-state index >= 15 is 0 Å². The molecule has 43 heavy (non-hydrogen) atoms. The Labute approximate surface area is 253 Å². The van der Waals surface area contributed by atoms with Gasteiger partial charge in [-0.25, -0.2) is 4.98 Å². The number of hydrogen-bond donors (Lipinski definition) is 0. The molecule has 3 nitrogen and oxygen atoms in total. The van der Waals surface area contributed by atoms with Crippen LogP contribution in [0, 0.1) is 0 Å². The molecule has 0 radical (unpaired) electrons. The summed E-state index contributed by atoms with van der Waals surface area (Å²) in [6, 6.07) is 18.8. The lowest BCUT2D eigenvalue weighted by Crippen LogP contribution is -2.26. The molecule has 0 bridgehead atoms. The SMILES string of the molecule is CCCCN(Cc1cc(C(F)(F)F)cc(C(F)(F)F)c1)Cc1c(-c2ccc(Cl)cc2)nc(-c2ccccc2)n1CCCC. The largest absolute Gasteiger partial charge is 0.416 e. The summed E-state index contributed by atoms with van der Waals surface area (Å²) in [5.74, 6) is 0.753. The summed E-state index contributed by atoms with van der Waals surface area (Å²) in [5.41, 5.74) is 0.604. The molecule has 0 N–H and O–H groups in total. The van der Waals surface area contributed by atoms with Crippen molar-refractivity contribution in [3.8, 4) is 22.6 Å². The van der Waals surface area contributed by atoms with Gasteiger partial charge in [-0.3, -0.25) is 4.90 Å². The third kappa shape index (κ3) is 8.42. The van der Waals surface area contributed by atoms with Crippen LogP contribution in [0.25, 0.3) is 22.6 Å². The van der Waals surface area contributed by atoms with Gasteiger partial charge in [0.25, 0.3) is 0 Å². The highest BCUT2D eigenvalue weighted by Gasteiger charge is 2.37. The average Bonchev–Trinajstić information content (AvgIpc) is 3.32. The predicted molar refractivity (Wildman–Crippen MR) is 158 cm³/mol. The molecule has 0 atom stereocenters. The summed E-state index contributed by atoms with van der Waals surface area (Å²) in [4.78, 5) is 6.97.